The van der Waals surface area contributed by atoms with Crippen LogP contribution in [0.15, 0.2) is 72.8 Å². The van der Waals surface area contributed by atoms with E-state index in [0.717, 1.165) is 16.7 Å². The van der Waals surface area contributed by atoms with Crippen molar-refractivity contribution in [2.45, 2.75) is 25.7 Å². The summed E-state index contributed by atoms with van der Waals surface area (Å²) in [4.78, 5) is 11.7. The maximum absolute atomic E-state index is 11.7. The van der Waals surface area contributed by atoms with E-state index in [4.69, 9.17) is 0 Å². The molecule has 3 aromatic carbocycles. The van der Waals surface area contributed by atoms with Crippen molar-refractivity contribution in [1.29, 1.82) is 0 Å². The van der Waals surface area contributed by atoms with Gasteiger partial charge >= 0.3 is 5.97 Å². The van der Waals surface area contributed by atoms with E-state index in [1.54, 1.807) is 6.07 Å². The van der Waals surface area contributed by atoms with E-state index in [-0.39, 0.29) is 16.7 Å². The van der Waals surface area contributed by atoms with Crippen molar-refractivity contribution in [2.75, 3.05) is 0 Å². The molecule has 3 heteroatoms. The predicted octanol–water partition coefficient (Wildman–Crippen LogP) is 5.01. The fourth-order valence-electron chi connectivity index (χ4n) is 3.19. The molecule has 3 nitrogen and oxygen atoms in total. The zero-order chi connectivity index (χ0) is 18.7. The number of carboxylic acids is 1. The van der Waals surface area contributed by atoms with E-state index in [1.807, 2.05) is 66.7 Å². The summed E-state index contributed by atoms with van der Waals surface area (Å²) in [5.74, 6) is -1.28. The Bertz CT molecular complexity index is 913. The molecule has 26 heavy (non-hydrogen) atoms. The fourth-order valence-corrected chi connectivity index (χ4v) is 3.19. The summed E-state index contributed by atoms with van der Waals surface area (Å²) in [5.41, 5.74) is 3.16. The lowest BCUT2D eigenvalue weighted by molar-refractivity contribution is 0.0693. The van der Waals surface area contributed by atoms with Crippen LogP contribution in [0.5, 0.6) is 5.75 Å². The Kier molecular flexibility index (Phi) is 4.81. The molecule has 3 aromatic rings. The first-order chi connectivity index (χ1) is 12.4. The monoisotopic (exact) mass is 346 g/mol. The minimum Gasteiger partial charge on any atom is -0.507 e. The molecule has 132 valence electrons. The molecule has 0 unspecified atom stereocenters. The van der Waals surface area contributed by atoms with Gasteiger partial charge in [-0.3, -0.25) is 0 Å². The number of hydrogen-bond acceptors (Lipinski definition) is 2. The molecule has 0 aliphatic rings. The van der Waals surface area contributed by atoms with Gasteiger partial charge in [-0.05, 0) is 28.3 Å². The van der Waals surface area contributed by atoms with Gasteiger partial charge in [-0.15, -0.1) is 0 Å². The SMILES string of the molecule is CC(C)(c1ccccc1)c1cc(Cc2ccccc2)c(O)c(C(=O)O)c1. The Morgan fingerprint density at radius 2 is 1.46 bits per heavy atom. The molecule has 0 amide bonds. The van der Waals surface area contributed by atoms with Gasteiger partial charge in [-0.2, -0.15) is 0 Å². The van der Waals surface area contributed by atoms with Crippen molar-refractivity contribution in [3.8, 4) is 5.75 Å². The molecule has 0 heterocycles. The van der Waals surface area contributed by atoms with Crippen LogP contribution in [0, 0.1) is 0 Å². The molecule has 0 spiro atoms. The molecule has 2 N–H and O–H groups in total. The highest BCUT2D eigenvalue weighted by Crippen LogP contribution is 2.36. The van der Waals surface area contributed by atoms with Crippen LogP contribution in [0.25, 0.3) is 0 Å². The molecule has 0 aliphatic carbocycles. The Morgan fingerprint density at radius 1 is 0.885 bits per heavy atom. The van der Waals surface area contributed by atoms with Crippen LogP contribution < -0.4 is 0 Å². The third kappa shape index (κ3) is 3.47. The quantitative estimate of drug-likeness (QED) is 0.683. The molecule has 0 bridgehead atoms. The summed E-state index contributed by atoms with van der Waals surface area (Å²) in [7, 11) is 0. The number of carbonyl (C=O) groups is 1. The highest BCUT2D eigenvalue weighted by Gasteiger charge is 2.26. The van der Waals surface area contributed by atoms with Crippen LogP contribution in [0.2, 0.25) is 0 Å². The van der Waals surface area contributed by atoms with Crippen LogP contribution in [0.4, 0.5) is 0 Å². The van der Waals surface area contributed by atoms with Crippen LogP contribution in [-0.4, -0.2) is 16.2 Å². The van der Waals surface area contributed by atoms with Gasteiger partial charge in [0.25, 0.3) is 0 Å². The number of carboxylic acid groups (broad SMARTS) is 1. The van der Waals surface area contributed by atoms with Gasteiger partial charge in [-0.1, -0.05) is 80.6 Å². The second-order valence-electron chi connectivity index (χ2n) is 6.99. The summed E-state index contributed by atoms with van der Waals surface area (Å²) in [6, 6.07) is 23.2. The van der Waals surface area contributed by atoms with Crippen LogP contribution in [-0.2, 0) is 11.8 Å². The Labute approximate surface area is 153 Å². The number of benzene rings is 3. The van der Waals surface area contributed by atoms with Gasteiger partial charge < -0.3 is 10.2 Å². The molecule has 0 saturated heterocycles. The summed E-state index contributed by atoms with van der Waals surface area (Å²) in [6.07, 6.45) is 0.478. The summed E-state index contributed by atoms with van der Waals surface area (Å²) in [5, 5.41) is 20.1. The van der Waals surface area contributed by atoms with Crippen molar-refractivity contribution >= 4 is 5.97 Å². The van der Waals surface area contributed by atoms with Crippen LogP contribution in [0.3, 0.4) is 0 Å². The van der Waals surface area contributed by atoms with Gasteiger partial charge in [0.05, 0.1) is 0 Å². The Morgan fingerprint density at radius 3 is 2.04 bits per heavy atom. The molecular formula is C23H22O3. The third-order valence-corrected chi connectivity index (χ3v) is 4.87. The highest BCUT2D eigenvalue weighted by atomic mass is 16.4. The van der Waals surface area contributed by atoms with Crippen molar-refractivity contribution in [1.82, 2.24) is 0 Å². The smallest absolute Gasteiger partial charge is 0.339 e. The van der Waals surface area contributed by atoms with Crippen molar-refractivity contribution in [3.63, 3.8) is 0 Å². The minimum absolute atomic E-state index is 0.0579. The summed E-state index contributed by atoms with van der Waals surface area (Å²) < 4.78 is 0. The largest absolute Gasteiger partial charge is 0.507 e. The Hall–Kier alpha value is -3.07. The van der Waals surface area contributed by atoms with E-state index in [0.29, 0.717) is 12.0 Å². The number of phenols is 1. The van der Waals surface area contributed by atoms with E-state index in [1.165, 1.54) is 0 Å². The van der Waals surface area contributed by atoms with E-state index in [2.05, 4.69) is 13.8 Å². The summed E-state index contributed by atoms with van der Waals surface area (Å²) >= 11 is 0. The number of hydrogen-bond donors (Lipinski definition) is 2. The molecule has 0 aromatic heterocycles. The molecule has 0 fully saturated rings. The van der Waals surface area contributed by atoms with Crippen molar-refractivity contribution < 1.29 is 15.0 Å². The summed E-state index contributed by atoms with van der Waals surface area (Å²) in [6.45, 7) is 4.12. The standard InChI is InChI=1S/C23H22O3/c1-23(2,18-11-7-4-8-12-18)19-14-17(13-16-9-5-3-6-10-16)21(24)20(15-19)22(25)26/h3-12,14-15,24H,13H2,1-2H3,(H,25,26). The predicted molar refractivity (Wildman–Crippen MR) is 103 cm³/mol. The second-order valence-corrected chi connectivity index (χ2v) is 6.99. The van der Waals surface area contributed by atoms with E-state index < -0.39 is 5.97 Å². The lowest BCUT2D eigenvalue weighted by Gasteiger charge is -2.27. The zero-order valence-electron chi connectivity index (χ0n) is 14.9. The maximum Gasteiger partial charge on any atom is 0.339 e. The molecular weight excluding hydrogens is 324 g/mol. The number of rotatable bonds is 5. The molecule has 0 saturated carbocycles. The minimum atomic E-state index is -1.12. The molecule has 0 radical (unpaired) electrons. The highest BCUT2D eigenvalue weighted by molar-refractivity contribution is 5.91. The van der Waals surface area contributed by atoms with E-state index >= 15 is 0 Å². The van der Waals surface area contributed by atoms with Crippen molar-refractivity contribution in [2.24, 2.45) is 0 Å². The fraction of sp³-hybridized carbons (Fsp3) is 0.174. The molecule has 3 rings (SSSR count). The van der Waals surface area contributed by atoms with Crippen molar-refractivity contribution in [3.05, 3.63) is 101 Å². The van der Waals surface area contributed by atoms with Crippen LogP contribution >= 0.6 is 0 Å². The third-order valence-electron chi connectivity index (χ3n) is 4.87. The lowest BCUT2D eigenvalue weighted by atomic mass is 9.76. The zero-order valence-corrected chi connectivity index (χ0v) is 14.9. The number of aromatic hydroxyl groups is 1. The Balaban J connectivity index is 2.13. The van der Waals surface area contributed by atoms with E-state index in [9.17, 15) is 15.0 Å². The van der Waals surface area contributed by atoms with Gasteiger partial charge in [-0.25, -0.2) is 4.79 Å². The van der Waals surface area contributed by atoms with Gasteiger partial charge in [0.15, 0.2) is 0 Å². The molecule has 0 aliphatic heterocycles. The normalized spacial score (nSPS) is 11.3. The first kappa shape index (κ1) is 17.7. The number of aromatic carboxylic acids is 1. The van der Waals surface area contributed by atoms with Gasteiger partial charge in [0.1, 0.15) is 11.3 Å². The first-order valence-electron chi connectivity index (χ1n) is 8.58. The van der Waals surface area contributed by atoms with Crippen LogP contribution in [0.1, 0.15) is 46.5 Å². The van der Waals surface area contributed by atoms with Gasteiger partial charge in [0, 0.05) is 11.8 Å². The lowest BCUT2D eigenvalue weighted by Crippen LogP contribution is -2.20. The van der Waals surface area contributed by atoms with Gasteiger partial charge in [0.2, 0.25) is 0 Å². The average molecular weight is 346 g/mol. The topological polar surface area (TPSA) is 57.5 Å². The first-order valence-corrected chi connectivity index (χ1v) is 8.58. The maximum atomic E-state index is 11.7. The molecule has 0 atom stereocenters. The average Bonchev–Trinajstić information content (AvgIpc) is 2.64. The second kappa shape index (κ2) is 7.04.